The van der Waals surface area contributed by atoms with Crippen molar-refractivity contribution in [2.24, 2.45) is 0 Å². The average Bonchev–Trinajstić information content (AvgIpc) is 3.37. The van der Waals surface area contributed by atoms with Crippen molar-refractivity contribution in [2.75, 3.05) is 13.1 Å². The van der Waals surface area contributed by atoms with Crippen molar-refractivity contribution in [1.82, 2.24) is 25.3 Å². The van der Waals surface area contributed by atoms with E-state index in [9.17, 15) is 4.79 Å². The van der Waals surface area contributed by atoms with Crippen LogP contribution in [0.3, 0.4) is 0 Å². The molecule has 2 atom stereocenters. The fourth-order valence-electron chi connectivity index (χ4n) is 4.00. The second-order valence-corrected chi connectivity index (χ2v) is 7.74. The molecule has 1 N–H and O–H groups in total. The van der Waals surface area contributed by atoms with E-state index in [2.05, 4.69) is 32.6 Å². The maximum atomic E-state index is 12.6. The molecule has 1 aromatic carbocycles. The van der Waals surface area contributed by atoms with Crippen LogP contribution in [0.25, 0.3) is 11.5 Å². The van der Waals surface area contributed by atoms with Crippen LogP contribution >= 0.6 is 0 Å². The molecule has 3 aromatic rings. The van der Waals surface area contributed by atoms with Gasteiger partial charge in [0.15, 0.2) is 0 Å². The molecule has 1 saturated carbocycles. The Morgan fingerprint density at radius 3 is 2.62 bits per heavy atom. The van der Waals surface area contributed by atoms with Crippen molar-refractivity contribution >= 4 is 6.03 Å². The largest absolute Gasteiger partial charge is 0.339 e. The summed E-state index contributed by atoms with van der Waals surface area (Å²) >= 11 is 0. The number of rotatable bonds is 4. The summed E-state index contributed by atoms with van der Waals surface area (Å²) in [4.78, 5) is 23.3. The summed E-state index contributed by atoms with van der Waals surface area (Å²) in [5.41, 5.74) is 2.01. The highest BCUT2D eigenvalue weighted by molar-refractivity contribution is 5.75. The zero-order valence-corrected chi connectivity index (χ0v) is 16.1. The second-order valence-electron chi connectivity index (χ2n) is 7.74. The molecule has 0 spiro atoms. The first kappa shape index (κ1) is 17.8. The Morgan fingerprint density at radius 2 is 1.86 bits per heavy atom. The Balaban J connectivity index is 1.13. The number of carbonyl (C=O) groups is 1. The summed E-state index contributed by atoms with van der Waals surface area (Å²) in [5.74, 6) is 1.78. The Morgan fingerprint density at radius 1 is 1.07 bits per heavy atom. The van der Waals surface area contributed by atoms with Crippen molar-refractivity contribution in [2.45, 2.75) is 37.1 Å². The number of pyridine rings is 1. The van der Waals surface area contributed by atoms with Crippen molar-refractivity contribution in [3.63, 3.8) is 0 Å². The first-order chi connectivity index (χ1) is 14.3. The molecule has 7 heteroatoms. The number of piperidine rings is 1. The third-order valence-corrected chi connectivity index (χ3v) is 5.79. The van der Waals surface area contributed by atoms with Gasteiger partial charge in [0.1, 0.15) is 5.69 Å². The van der Waals surface area contributed by atoms with Crippen molar-refractivity contribution < 1.29 is 9.32 Å². The Hall–Kier alpha value is -3.22. The minimum Gasteiger partial charge on any atom is -0.339 e. The van der Waals surface area contributed by atoms with Crippen LogP contribution in [-0.4, -0.2) is 45.2 Å². The van der Waals surface area contributed by atoms with Crippen LogP contribution in [0, 0.1) is 0 Å². The maximum Gasteiger partial charge on any atom is 0.317 e. The van der Waals surface area contributed by atoms with Gasteiger partial charge < -0.3 is 14.7 Å². The molecule has 0 radical (unpaired) electrons. The van der Waals surface area contributed by atoms with Crippen LogP contribution in [0.15, 0.2) is 59.3 Å². The van der Waals surface area contributed by atoms with E-state index in [-0.39, 0.29) is 18.0 Å². The third kappa shape index (κ3) is 3.85. The monoisotopic (exact) mass is 389 g/mol. The van der Waals surface area contributed by atoms with E-state index in [0.29, 0.717) is 36.4 Å². The van der Waals surface area contributed by atoms with Gasteiger partial charge in [-0.05, 0) is 37.0 Å². The van der Waals surface area contributed by atoms with Gasteiger partial charge in [-0.2, -0.15) is 4.98 Å². The topological polar surface area (TPSA) is 84.2 Å². The fraction of sp³-hybridized carbons (Fsp3) is 0.364. The molecule has 3 heterocycles. The predicted octanol–water partition coefficient (Wildman–Crippen LogP) is 3.58. The van der Waals surface area contributed by atoms with Gasteiger partial charge >= 0.3 is 6.03 Å². The number of aromatic nitrogens is 3. The van der Waals surface area contributed by atoms with E-state index in [1.54, 1.807) is 6.20 Å². The Kier molecular flexibility index (Phi) is 4.71. The average molecular weight is 389 g/mol. The minimum atomic E-state index is 0.0339. The summed E-state index contributed by atoms with van der Waals surface area (Å²) in [6, 6.07) is 16.3. The number of urea groups is 1. The van der Waals surface area contributed by atoms with E-state index >= 15 is 0 Å². The van der Waals surface area contributed by atoms with Crippen LogP contribution in [0.4, 0.5) is 4.79 Å². The first-order valence-corrected chi connectivity index (χ1v) is 10.1. The van der Waals surface area contributed by atoms with Crippen LogP contribution in [-0.2, 0) is 0 Å². The lowest BCUT2D eigenvalue weighted by atomic mass is 9.97. The van der Waals surface area contributed by atoms with E-state index < -0.39 is 0 Å². The molecule has 5 rings (SSSR count). The van der Waals surface area contributed by atoms with Crippen LogP contribution in [0.1, 0.15) is 42.6 Å². The van der Waals surface area contributed by atoms with Gasteiger partial charge in [0.2, 0.25) is 11.7 Å². The fourth-order valence-corrected chi connectivity index (χ4v) is 4.00. The van der Waals surface area contributed by atoms with Crippen LogP contribution < -0.4 is 5.32 Å². The third-order valence-electron chi connectivity index (χ3n) is 5.79. The summed E-state index contributed by atoms with van der Waals surface area (Å²) in [6.45, 7) is 1.39. The summed E-state index contributed by atoms with van der Waals surface area (Å²) in [7, 11) is 0. The summed E-state index contributed by atoms with van der Waals surface area (Å²) < 4.78 is 5.47. The molecule has 29 heavy (non-hydrogen) atoms. The van der Waals surface area contributed by atoms with Gasteiger partial charge in [-0.1, -0.05) is 41.6 Å². The number of nitrogens with zero attached hydrogens (tertiary/aromatic N) is 4. The van der Waals surface area contributed by atoms with Crippen molar-refractivity contribution in [3.8, 4) is 11.5 Å². The molecule has 7 nitrogen and oxygen atoms in total. The van der Waals surface area contributed by atoms with Crippen molar-refractivity contribution in [1.29, 1.82) is 0 Å². The van der Waals surface area contributed by atoms with E-state index in [0.717, 1.165) is 19.3 Å². The van der Waals surface area contributed by atoms with Gasteiger partial charge in [-0.3, -0.25) is 4.98 Å². The number of nitrogens with one attached hydrogen (secondary N) is 1. The molecular weight excluding hydrogens is 366 g/mol. The van der Waals surface area contributed by atoms with Crippen LogP contribution in [0.2, 0.25) is 0 Å². The smallest absolute Gasteiger partial charge is 0.317 e. The first-order valence-electron chi connectivity index (χ1n) is 10.1. The standard InChI is InChI=1S/C22H23N5O2/c28-22(24-19-14-17(19)15-6-2-1-3-7-15)27-12-9-16(10-13-27)21-25-20(26-29-21)18-8-4-5-11-23-18/h1-8,11,16-17,19H,9-10,12-14H2,(H,24,28)/t17-,19+/m1/s1. The van der Waals surface area contributed by atoms with Gasteiger partial charge in [-0.25, -0.2) is 4.79 Å². The zero-order chi connectivity index (χ0) is 19.6. The Labute approximate surface area is 169 Å². The SMILES string of the molecule is O=C(N[C@H]1C[C@@H]1c1ccccc1)N1CCC(c2nc(-c3ccccn3)no2)CC1. The lowest BCUT2D eigenvalue weighted by Gasteiger charge is -2.30. The lowest BCUT2D eigenvalue weighted by Crippen LogP contribution is -2.45. The molecule has 2 amide bonds. The highest BCUT2D eigenvalue weighted by atomic mass is 16.5. The second kappa shape index (κ2) is 7.66. The minimum absolute atomic E-state index is 0.0339. The molecule has 2 aromatic heterocycles. The Bertz CT molecular complexity index is 967. The van der Waals surface area contributed by atoms with E-state index in [1.165, 1.54) is 5.56 Å². The highest BCUT2D eigenvalue weighted by Gasteiger charge is 2.40. The summed E-state index contributed by atoms with van der Waals surface area (Å²) in [6.07, 6.45) is 4.38. The van der Waals surface area contributed by atoms with Gasteiger partial charge in [-0.15, -0.1) is 0 Å². The number of benzene rings is 1. The quantitative estimate of drug-likeness (QED) is 0.737. The molecule has 1 aliphatic heterocycles. The van der Waals surface area contributed by atoms with Crippen LogP contribution in [0.5, 0.6) is 0 Å². The van der Waals surface area contributed by atoms with Gasteiger partial charge in [0.05, 0.1) is 0 Å². The maximum absolute atomic E-state index is 12.6. The molecule has 2 fully saturated rings. The molecular formula is C22H23N5O2. The molecule has 1 saturated heterocycles. The normalized spacial score (nSPS) is 21.7. The number of carbonyl (C=O) groups excluding carboxylic acids is 1. The van der Waals surface area contributed by atoms with Crippen molar-refractivity contribution in [3.05, 3.63) is 66.2 Å². The van der Waals surface area contributed by atoms with Gasteiger partial charge in [0.25, 0.3) is 0 Å². The molecule has 148 valence electrons. The molecule has 2 aliphatic rings. The number of hydrogen-bond acceptors (Lipinski definition) is 5. The lowest BCUT2D eigenvalue weighted by molar-refractivity contribution is 0.174. The molecule has 0 bridgehead atoms. The number of hydrogen-bond donors (Lipinski definition) is 1. The van der Waals surface area contributed by atoms with E-state index in [1.807, 2.05) is 41.3 Å². The number of amides is 2. The van der Waals surface area contributed by atoms with Gasteiger partial charge in [0, 0.05) is 37.2 Å². The predicted molar refractivity (Wildman–Crippen MR) is 107 cm³/mol. The highest BCUT2D eigenvalue weighted by Crippen LogP contribution is 2.40. The zero-order valence-electron chi connectivity index (χ0n) is 16.1. The number of likely N-dealkylation sites (tertiary alicyclic amines) is 1. The molecule has 0 unspecified atom stereocenters. The summed E-state index contributed by atoms with van der Waals surface area (Å²) in [5, 5.41) is 7.24. The molecule has 1 aliphatic carbocycles. The van der Waals surface area contributed by atoms with E-state index in [4.69, 9.17) is 4.52 Å².